The Kier molecular flexibility index (Phi) is 5.02. The molecule has 0 aliphatic carbocycles. The highest BCUT2D eigenvalue weighted by molar-refractivity contribution is 5.94. The van der Waals surface area contributed by atoms with Crippen LogP contribution in [0.4, 0.5) is 0 Å². The summed E-state index contributed by atoms with van der Waals surface area (Å²) in [6.07, 6.45) is 1.92. The standard InChI is InChI=1S/C12H20N4O3/c1-5-16-7-9(13-14-16)11(17)15(4)10(12(18)19)6-8(2)3/h7-8,10H,5-6H2,1-4H3,(H,18,19)/t10-/m0/s1. The van der Waals surface area contributed by atoms with Gasteiger partial charge in [0.25, 0.3) is 5.91 Å². The van der Waals surface area contributed by atoms with E-state index in [0.29, 0.717) is 13.0 Å². The first-order chi connectivity index (χ1) is 8.86. The van der Waals surface area contributed by atoms with Gasteiger partial charge in [0.05, 0.1) is 6.20 Å². The normalized spacial score (nSPS) is 12.5. The van der Waals surface area contributed by atoms with Crippen molar-refractivity contribution < 1.29 is 14.7 Å². The quantitative estimate of drug-likeness (QED) is 0.827. The number of likely N-dealkylation sites (N-methyl/N-ethyl adjacent to an activating group) is 1. The number of aromatic nitrogens is 3. The summed E-state index contributed by atoms with van der Waals surface area (Å²) < 4.78 is 1.53. The molecule has 0 aliphatic rings. The molecule has 0 fully saturated rings. The van der Waals surface area contributed by atoms with E-state index in [1.54, 1.807) is 0 Å². The minimum Gasteiger partial charge on any atom is -0.480 e. The smallest absolute Gasteiger partial charge is 0.326 e. The topological polar surface area (TPSA) is 88.3 Å². The maximum atomic E-state index is 12.1. The third kappa shape index (κ3) is 3.77. The molecule has 19 heavy (non-hydrogen) atoms. The molecule has 7 heteroatoms. The molecule has 106 valence electrons. The van der Waals surface area contributed by atoms with Gasteiger partial charge in [0.15, 0.2) is 5.69 Å². The van der Waals surface area contributed by atoms with E-state index in [0.717, 1.165) is 0 Å². The SMILES string of the molecule is CCn1cc(C(=O)N(C)[C@@H](CC(C)C)C(=O)O)nn1. The fraction of sp³-hybridized carbons (Fsp3) is 0.667. The molecule has 0 spiro atoms. The van der Waals surface area contributed by atoms with Gasteiger partial charge in [-0.3, -0.25) is 9.48 Å². The number of carboxylic acids is 1. The van der Waals surface area contributed by atoms with E-state index in [-0.39, 0.29) is 11.6 Å². The van der Waals surface area contributed by atoms with E-state index in [2.05, 4.69) is 10.3 Å². The molecule has 0 unspecified atom stereocenters. The average molecular weight is 268 g/mol. The van der Waals surface area contributed by atoms with Gasteiger partial charge in [-0.15, -0.1) is 5.10 Å². The van der Waals surface area contributed by atoms with Crippen molar-refractivity contribution in [3.63, 3.8) is 0 Å². The van der Waals surface area contributed by atoms with Gasteiger partial charge in [-0.05, 0) is 19.3 Å². The number of carbonyl (C=O) groups is 2. The largest absolute Gasteiger partial charge is 0.480 e. The Morgan fingerprint density at radius 3 is 2.53 bits per heavy atom. The summed E-state index contributed by atoms with van der Waals surface area (Å²) in [4.78, 5) is 24.6. The maximum Gasteiger partial charge on any atom is 0.326 e. The van der Waals surface area contributed by atoms with E-state index in [1.165, 1.54) is 22.8 Å². The Bertz CT molecular complexity index is 456. The molecule has 1 rings (SSSR count). The lowest BCUT2D eigenvalue weighted by atomic mass is 10.0. The molecule has 1 atom stereocenters. The highest BCUT2D eigenvalue weighted by Crippen LogP contribution is 2.13. The Hall–Kier alpha value is -1.92. The van der Waals surface area contributed by atoms with Crippen molar-refractivity contribution in [1.82, 2.24) is 19.9 Å². The van der Waals surface area contributed by atoms with Crippen LogP contribution in [0.25, 0.3) is 0 Å². The van der Waals surface area contributed by atoms with E-state index in [4.69, 9.17) is 0 Å². The first kappa shape index (κ1) is 15.1. The predicted molar refractivity (Wildman–Crippen MR) is 68.7 cm³/mol. The molecular weight excluding hydrogens is 248 g/mol. The monoisotopic (exact) mass is 268 g/mol. The van der Waals surface area contributed by atoms with Gasteiger partial charge in [-0.25, -0.2) is 4.79 Å². The third-order valence-electron chi connectivity index (χ3n) is 2.85. The number of rotatable bonds is 6. The molecule has 0 radical (unpaired) electrons. The van der Waals surface area contributed by atoms with Gasteiger partial charge in [-0.1, -0.05) is 19.1 Å². The summed E-state index contributed by atoms with van der Waals surface area (Å²) in [7, 11) is 1.48. The lowest BCUT2D eigenvalue weighted by Crippen LogP contribution is -2.43. The van der Waals surface area contributed by atoms with Crippen molar-refractivity contribution in [3.8, 4) is 0 Å². The minimum atomic E-state index is -1.01. The van der Waals surface area contributed by atoms with Crippen molar-refractivity contribution in [2.75, 3.05) is 7.05 Å². The summed E-state index contributed by atoms with van der Waals surface area (Å²) in [6, 6.07) is -0.848. The fourth-order valence-electron chi connectivity index (χ4n) is 1.74. The van der Waals surface area contributed by atoms with E-state index in [1.807, 2.05) is 20.8 Å². The third-order valence-corrected chi connectivity index (χ3v) is 2.85. The zero-order valence-electron chi connectivity index (χ0n) is 11.7. The number of aliphatic carboxylic acids is 1. The minimum absolute atomic E-state index is 0.166. The van der Waals surface area contributed by atoms with E-state index < -0.39 is 17.9 Å². The molecular formula is C12H20N4O3. The summed E-state index contributed by atoms with van der Waals surface area (Å²) in [6.45, 7) is 6.33. The van der Waals surface area contributed by atoms with E-state index >= 15 is 0 Å². The van der Waals surface area contributed by atoms with Crippen LogP contribution in [0.5, 0.6) is 0 Å². The molecule has 1 aromatic rings. The van der Waals surface area contributed by atoms with Crippen molar-refractivity contribution in [1.29, 1.82) is 0 Å². The molecule has 1 aromatic heterocycles. The second-order valence-electron chi connectivity index (χ2n) is 4.86. The summed E-state index contributed by atoms with van der Waals surface area (Å²) in [5.74, 6) is -1.25. The Morgan fingerprint density at radius 1 is 1.47 bits per heavy atom. The van der Waals surface area contributed by atoms with Crippen LogP contribution >= 0.6 is 0 Å². The summed E-state index contributed by atoms with van der Waals surface area (Å²) >= 11 is 0. The Balaban J connectivity index is 2.86. The van der Waals surface area contributed by atoms with Gasteiger partial charge in [0, 0.05) is 13.6 Å². The van der Waals surface area contributed by atoms with Crippen molar-refractivity contribution in [2.24, 2.45) is 5.92 Å². The molecule has 7 nitrogen and oxygen atoms in total. The summed E-state index contributed by atoms with van der Waals surface area (Å²) in [5, 5.41) is 16.7. The molecule has 1 amide bonds. The number of aryl methyl sites for hydroxylation is 1. The number of carboxylic acid groups (broad SMARTS) is 1. The number of hydrogen-bond acceptors (Lipinski definition) is 4. The van der Waals surface area contributed by atoms with Gasteiger partial charge in [-0.2, -0.15) is 0 Å². The lowest BCUT2D eigenvalue weighted by Gasteiger charge is -2.25. The number of carbonyl (C=O) groups excluding carboxylic acids is 1. The average Bonchev–Trinajstić information content (AvgIpc) is 2.82. The molecule has 0 saturated carbocycles. The zero-order valence-corrected chi connectivity index (χ0v) is 11.7. The summed E-state index contributed by atoms with van der Waals surface area (Å²) in [5.41, 5.74) is 0.166. The Labute approximate surface area is 112 Å². The van der Waals surface area contributed by atoms with Gasteiger partial charge in [0.1, 0.15) is 6.04 Å². The van der Waals surface area contributed by atoms with Crippen molar-refractivity contribution in [2.45, 2.75) is 39.8 Å². The van der Waals surface area contributed by atoms with Crippen LogP contribution in [-0.4, -0.2) is 50.0 Å². The van der Waals surface area contributed by atoms with Crippen LogP contribution in [0.1, 0.15) is 37.7 Å². The second-order valence-corrected chi connectivity index (χ2v) is 4.86. The maximum absolute atomic E-state index is 12.1. The van der Waals surface area contributed by atoms with Gasteiger partial charge < -0.3 is 10.0 Å². The second kappa shape index (κ2) is 6.31. The Morgan fingerprint density at radius 2 is 2.11 bits per heavy atom. The number of hydrogen-bond donors (Lipinski definition) is 1. The van der Waals surface area contributed by atoms with Crippen molar-refractivity contribution in [3.05, 3.63) is 11.9 Å². The molecule has 0 saturated heterocycles. The van der Waals surface area contributed by atoms with Gasteiger partial charge in [0.2, 0.25) is 0 Å². The predicted octanol–water partition coefficient (Wildman–Crippen LogP) is 0.869. The van der Waals surface area contributed by atoms with Crippen LogP contribution < -0.4 is 0 Å². The van der Waals surface area contributed by atoms with Crippen LogP contribution in [0.3, 0.4) is 0 Å². The molecule has 0 aromatic carbocycles. The van der Waals surface area contributed by atoms with Crippen molar-refractivity contribution >= 4 is 11.9 Å². The first-order valence-corrected chi connectivity index (χ1v) is 6.26. The molecule has 1 N–H and O–H groups in total. The highest BCUT2D eigenvalue weighted by Gasteiger charge is 2.29. The van der Waals surface area contributed by atoms with Gasteiger partial charge >= 0.3 is 5.97 Å². The highest BCUT2D eigenvalue weighted by atomic mass is 16.4. The molecule has 0 bridgehead atoms. The van der Waals surface area contributed by atoms with Crippen LogP contribution in [0.15, 0.2) is 6.20 Å². The van der Waals surface area contributed by atoms with Crippen LogP contribution in [-0.2, 0) is 11.3 Å². The first-order valence-electron chi connectivity index (χ1n) is 6.26. The van der Waals surface area contributed by atoms with Crippen LogP contribution in [0, 0.1) is 5.92 Å². The van der Waals surface area contributed by atoms with E-state index in [9.17, 15) is 14.7 Å². The lowest BCUT2D eigenvalue weighted by molar-refractivity contribution is -0.142. The number of amides is 1. The fourth-order valence-corrected chi connectivity index (χ4v) is 1.74. The van der Waals surface area contributed by atoms with Crippen LogP contribution in [0.2, 0.25) is 0 Å². The molecule has 1 heterocycles. The molecule has 0 aliphatic heterocycles. The zero-order chi connectivity index (χ0) is 14.6. The number of nitrogens with zero attached hydrogens (tertiary/aromatic N) is 4.